The van der Waals surface area contributed by atoms with Crippen molar-refractivity contribution in [2.45, 2.75) is 6.18 Å². The van der Waals surface area contributed by atoms with Gasteiger partial charge in [-0.15, -0.1) is 0 Å². The largest absolute Gasteiger partial charge is 0.477 e. The molecular weight excluding hydrogens is 263 g/mol. The number of carboxylic acids is 1. The van der Waals surface area contributed by atoms with Gasteiger partial charge in [0.25, 0.3) is 0 Å². The van der Waals surface area contributed by atoms with Gasteiger partial charge in [0.1, 0.15) is 5.02 Å². The van der Waals surface area contributed by atoms with Crippen LogP contribution >= 0.6 is 11.6 Å². The number of aromatic carboxylic acids is 1. The van der Waals surface area contributed by atoms with E-state index >= 15 is 0 Å². The van der Waals surface area contributed by atoms with Crippen molar-refractivity contribution in [2.24, 2.45) is 0 Å². The highest BCUT2D eigenvalue weighted by molar-refractivity contribution is 6.33. The van der Waals surface area contributed by atoms with Gasteiger partial charge < -0.3 is 5.11 Å². The second-order valence-electron chi connectivity index (χ2n) is 3.06. The highest BCUT2D eigenvalue weighted by atomic mass is 35.5. The molecular formula is C8H3ClF3N3O2. The van der Waals surface area contributed by atoms with Gasteiger partial charge in [-0.25, -0.2) is 14.3 Å². The summed E-state index contributed by atoms with van der Waals surface area (Å²) in [5.41, 5.74) is -2.34. The Morgan fingerprint density at radius 1 is 1.47 bits per heavy atom. The number of fused-ring (bicyclic) bond motifs is 1. The molecule has 0 amide bonds. The number of aromatic nitrogens is 3. The fourth-order valence-electron chi connectivity index (χ4n) is 1.25. The average Bonchev–Trinajstić information content (AvgIpc) is 2.58. The zero-order valence-corrected chi connectivity index (χ0v) is 8.62. The van der Waals surface area contributed by atoms with E-state index in [1.54, 1.807) is 0 Å². The van der Waals surface area contributed by atoms with Crippen molar-refractivity contribution in [1.82, 2.24) is 14.6 Å². The van der Waals surface area contributed by atoms with Crippen molar-refractivity contribution < 1.29 is 23.1 Å². The molecule has 0 aliphatic carbocycles. The minimum atomic E-state index is -4.75. The summed E-state index contributed by atoms with van der Waals surface area (Å²) >= 11 is 5.57. The zero-order valence-electron chi connectivity index (χ0n) is 7.86. The standard InChI is InChI=1S/C8H3ClF3N3O2/c9-3-2-13-15-5(8(10,11)12)1-4(7(16)17)14-6(3)15/h1-2H,(H,16,17). The minimum absolute atomic E-state index is 0.154. The zero-order chi connectivity index (χ0) is 12.8. The summed E-state index contributed by atoms with van der Waals surface area (Å²) in [5, 5.41) is 11.9. The molecule has 0 saturated carbocycles. The van der Waals surface area contributed by atoms with Gasteiger partial charge in [0.15, 0.2) is 17.0 Å². The lowest BCUT2D eigenvalue weighted by Crippen LogP contribution is -2.16. The van der Waals surface area contributed by atoms with Crippen LogP contribution in [0.15, 0.2) is 12.3 Å². The van der Waals surface area contributed by atoms with Gasteiger partial charge in [-0.3, -0.25) is 0 Å². The third-order valence-corrected chi connectivity index (χ3v) is 2.20. The van der Waals surface area contributed by atoms with Crippen LogP contribution in [0.3, 0.4) is 0 Å². The molecule has 0 atom stereocenters. The van der Waals surface area contributed by atoms with E-state index in [9.17, 15) is 18.0 Å². The Balaban J connectivity index is 2.85. The number of halogens is 4. The maximum Gasteiger partial charge on any atom is 0.433 e. The number of nitrogens with zero attached hydrogens (tertiary/aromatic N) is 3. The molecule has 0 saturated heterocycles. The highest BCUT2D eigenvalue weighted by Crippen LogP contribution is 2.31. The molecule has 0 radical (unpaired) electrons. The maximum absolute atomic E-state index is 12.6. The first-order valence-corrected chi connectivity index (χ1v) is 4.53. The Kier molecular flexibility index (Phi) is 2.46. The van der Waals surface area contributed by atoms with Crippen LogP contribution in [0.4, 0.5) is 13.2 Å². The Hall–Kier alpha value is -1.83. The van der Waals surface area contributed by atoms with Crippen LogP contribution in [0.2, 0.25) is 5.02 Å². The normalized spacial score (nSPS) is 12.0. The fraction of sp³-hybridized carbons (Fsp3) is 0.125. The summed E-state index contributed by atoms with van der Waals surface area (Å²) in [6.45, 7) is 0. The maximum atomic E-state index is 12.6. The molecule has 0 aliphatic rings. The van der Waals surface area contributed by atoms with Crippen LogP contribution < -0.4 is 0 Å². The summed E-state index contributed by atoms with van der Waals surface area (Å²) < 4.78 is 38.4. The molecule has 5 nitrogen and oxygen atoms in total. The molecule has 17 heavy (non-hydrogen) atoms. The van der Waals surface area contributed by atoms with Crippen LogP contribution in [-0.2, 0) is 6.18 Å². The predicted octanol–water partition coefficient (Wildman–Crippen LogP) is 2.10. The van der Waals surface area contributed by atoms with Gasteiger partial charge in [-0.2, -0.15) is 18.3 Å². The number of hydrogen-bond acceptors (Lipinski definition) is 3. The van der Waals surface area contributed by atoms with Crippen molar-refractivity contribution >= 4 is 23.2 Å². The monoisotopic (exact) mass is 265 g/mol. The predicted molar refractivity (Wildman–Crippen MR) is 50.0 cm³/mol. The number of carbonyl (C=O) groups is 1. The third-order valence-electron chi connectivity index (χ3n) is 1.94. The smallest absolute Gasteiger partial charge is 0.433 e. The van der Waals surface area contributed by atoms with Gasteiger partial charge in [-0.05, 0) is 0 Å². The number of hydrogen-bond donors (Lipinski definition) is 1. The van der Waals surface area contributed by atoms with Crippen molar-refractivity contribution in [3.05, 3.63) is 28.7 Å². The van der Waals surface area contributed by atoms with Gasteiger partial charge in [0.05, 0.1) is 6.20 Å². The lowest BCUT2D eigenvalue weighted by atomic mass is 10.3. The minimum Gasteiger partial charge on any atom is -0.477 e. The third kappa shape index (κ3) is 1.91. The van der Waals surface area contributed by atoms with E-state index in [0.29, 0.717) is 10.6 Å². The molecule has 1 N–H and O–H groups in total. The number of carboxylic acid groups (broad SMARTS) is 1. The topological polar surface area (TPSA) is 67.5 Å². The molecule has 90 valence electrons. The van der Waals surface area contributed by atoms with Gasteiger partial charge in [-0.1, -0.05) is 11.6 Å². The Bertz CT molecular complexity index is 608. The van der Waals surface area contributed by atoms with Gasteiger partial charge in [0, 0.05) is 6.07 Å². The van der Waals surface area contributed by atoms with Crippen molar-refractivity contribution in [1.29, 1.82) is 0 Å². The van der Waals surface area contributed by atoms with Gasteiger partial charge in [0.2, 0.25) is 0 Å². The number of rotatable bonds is 1. The Morgan fingerprint density at radius 2 is 2.12 bits per heavy atom. The van der Waals surface area contributed by atoms with E-state index in [0.717, 1.165) is 6.20 Å². The second-order valence-corrected chi connectivity index (χ2v) is 3.46. The van der Waals surface area contributed by atoms with E-state index in [2.05, 4.69) is 10.1 Å². The quantitative estimate of drug-likeness (QED) is 0.857. The Labute approximate surface area is 96.4 Å². The van der Waals surface area contributed by atoms with Crippen molar-refractivity contribution in [3.63, 3.8) is 0 Å². The van der Waals surface area contributed by atoms with E-state index in [1.807, 2.05) is 0 Å². The summed E-state index contributed by atoms with van der Waals surface area (Å²) in [6.07, 6.45) is -3.79. The molecule has 0 unspecified atom stereocenters. The van der Waals surface area contributed by atoms with Crippen LogP contribution in [0, 0.1) is 0 Å². The lowest BCUT2D eigenvalue weighted by Gasteiger charge is -2.09. The molecule has 0 spiro atoms. The van der Waals surface area contributed by atoms with E-state index in [1.165, 1.54) is 0 Å². The molecule has 2 rings (SSSR count). The lowest BCUT2D eigenvalue weighted by molar-refractivity contribution is -0.142. The molecule has 0 bridgehead atoms. The molecule has 0 aliphatic heterocycles. The van der Waals surface area contributed by atoms with Crippen LogP contribution in [0.1, 0.15) is 16.2 Å². The molecule has 0 aromatic carbocycles. The van der Waals surface area contributed by atoms with E-state index < -0.39 is 23.5 Å². The van der Waals surface area contributed by atoms with Crippen molar-refractivity contribution in [3.8, 4) is 0 Å². The second kappa shape index (κ2) is 3.59. The number of alkyl halides is 3. The summed E-state index contributed by atoms with van der Waals surface area (Å²) in [4.78, 5) is 14.1. The van der Waals surface area contributed by atoms with E-state index in [-0.39, 0.29) is 10.7 Å². The fourth-order valence-corrected chi connectivity index (χ4v) is 1.41. The highest BCUT2D eigenvalue weighted by Gasteiger charge is 2.36. The first-order valence-electron chi connectivity index (χ1n) is 4.15. The van der Waals surface area contributed by atoms with Crippen molar-refractivity contribution in [2.75, 3.05) is 0 Å². The summed E-state index contributed by atoms with van der Waals surface area (Å²) in [7, 11) is 0. The van der Waals surface area contributed by atoms with Crippen LogP contribution in [0.5, 0.6) is 0 Å². The SMILES string of the molecule is O=C(O)c1cc(C(F)(F)F)n2ncc(Cl)c2n1. The first-order chi connectivity index (χ1) is 7.80. The van der Waals surface area contributed by atoms with Gasteiger partial charge >= 0.3 is 12.1 Å². The average molecular weight is 266 g/mol. The first kappa shape index (κ1) is 11.6. The van der Waals surface area contributed by atoms with Crippen LogP contribution in [0.25, 0.3) is 5.65 Å². The summed E-state index contributed by atoms with van der Waals surface area (Å²) in [5.74, 6) is -1.57. The summed E-state index contributed by atoms with van der Waals surface area (Å²) in [6, 6.07) is 0.401. The Morgan fingerprint density at radius 3 is 2.65 bits per heavy atom. The molecule has 9 heteroatoms. The van der Waals surface area contributed by atoms with E-state index in [4.69, 9.17) is 16.7 Å². The molecule has 2 aromatic heterocycles. The van der Waals surface area contributed by atoms with Crippen LogP contribution in [-0.4, -0.2) is 25.7 Å². The molecule has 2 aromatic rings. The molecule has 0 fully saturated rings. The molecule has 2 heterocycles.